The summed E-state index contributed by atoms with van der Waals surface area (Å²) in [5, 5.41) is 8.81. The van der Waals surface area contributed by atoms with Gasteiger partial charge in [-0.05, 0) is 11.7 Å². The van der Waals surface area contributed by atoms with Crippen LogP contribution in [0.25, 0.3) is 0 Å². The average Bonchev–Trinajstić information content (AvgIpc) is 2.21. The van der Waals surface area contributed by atoms with Crippen molar-refractivity contribution in [3.05, 3.63) is 18.1 Å². The second-order valence-corrected chi connectivity index (χ2v) is 4.27. The van der Waals surface area contributed by atoms with Gasteiger partial charge in [0.15, 0.2) is 0 Å². The lowest BCUT2D eigenvalue weighted by atomic mass is 10.2. The minimum absolute atomic E-state index is 0.237. The van der Waals surface area contributed by atoms with Gasteiger partial charge in [-0.25, -0.2) is 4.98 Å². The molecule has 1 aromatic rings. The van der Waals surface area contributed by atoms with Crippen LogP contribution in [-0.4, -0.2) is 27.4 Å². The van der Waals surface area contributed by atoms with Gasteiger partial charge < -0.3 is 10.8 Å². The highest BCUT2D eigenvalue weighted by Crippen LogP contribution is 2.13. The molecule has 0 saturated carbocycles. The summed E-state index contributed by atoms with van der Waals surface area (Å²) in [7, 11) is 0. The van der Waals surface area contributed by atoms with E-state index in [9.17, 15) is 0 Å². The molecule has 3 N–H and O–H groups in total. The normalized spacial score (nSPS) is 12.7. The van der Waals surface area contributed by atoms with E-state index in [4.69, 9.17) is 10.8 Å². The molecule has 0 aliphatic heterocycles. The number of hydrogen-bond donors (Lipinski definition) is 2. The summed E-state index contributed by atoms with van der Waals surface area (Å²) in [6.07, 6.45) is 3.25. The molecule has 78 valence electrons. The molecule has 0 spiro atoms. The molecule has 0 fully saturated rings. The molecule has 5 heteroatoms. The molecule has 0 aliphatic rings. The Labute approximate surface area is 88.0 Å². The summed E-state index contributed by atoms with van der Waals surface area (Å²) in [6.45, 7) is 2.25. The van der Waals surface area contributed by atoms with E-state index in [1.165, 1.54) is 0 Å². The van der Waals surface area contributed by atoms with E-state index in [2.05, 4.69) is 9.97 Å². The van der Waals surface area contributed by atoms with E-state index in [0.29, 0.717) is 11.7 Å². The van der Waals surface area contributed by atoms with Gasteiger partial charge in [0.05, 0.1) is 18.1 Å². The SMILES string of the molecule is CC(CO)CSCc1cnc(N)cn1. The quantitative estimate of drug-likeness (QED) is 0.761. The average molecular weight is 213 g/mol. The van der Waals surface area contributed by atoms with Gasteiger partial charge in [0.1, 0.15) is 5.82 Å². The second kappa shape index (κ2) is 5.82. The molecule has 1 aromatic heterocycles. The summed E-state index contributed by atoms with van der Waals surface area (Å²) >= 11 is 1.74. The third kappa shape index (κ3) is 3.93. The summed E-state index contributed by atoms with van der Waals surface area (Å²) in [5.74, 6) is 2.53. The first-order valence-electron chi connectivity index (χ1n) is 4.47. The number of anilines is 1. The Morgan fingerprint density at radius 1 is 1.50 bits per heavy atom. The fourth-order valence-corrected chi connectivity index (χ4v) is 1.84. The van der Waals surface area contributed by atoms with Crippen LogP contribution in [0.2, 0.25) is 0 Å². The third-order valence-electron chi connectivity index (χ3n) is 1.69. The zero-order valence-electron chi connectivity index (χ0n) is 8.18. The zero-order chi connectivity index (χ0) is 10.4. The number of aromatic nitrogens is 2. The summed E-state index contributed by atoms with van der Waals surface area (Å²) in [5.41, 5.74) is 6.34. The minimum Gasteiger partial charge on any atom is -0.396 e. The Morgan fingerprint density at radius 2 is 2.29 bits per heavy atom. The first kappa shape index (κ1) is 11.3. The van der Waals surface area contributed by atoms with Crippen molar-refractivity contribution < 1.29 is 5.11 Å². The first-order valence-corrected chi connectivity index (χ1v) is 5.63. The van der Waals surface area contributed by atoms with Crippen LogP contribution in [0.4, 0.5) is 5.82 Å². The van der Waals surface area contributed by atoms with Crippen LogP contribution in [0.5, 0.6) is 0 Å². The number of rotatable bonds is 5. The number of nitrogen functional groups attached to an aromatic ring is 1. The van der Waals surface area contributed by atoms with E-state index in [-0.39, 0.29) is 6.61 Å². The van der Waals surface area contributed by atoms with Gasteiger partial charge in [0, 0.05) is 12.4 Å². The predicted octanol–water partition coefficient (Wildman–Crippen LogP) is 0.920. The van der Waals surface area contributed by atoms with Crippen molar-refractivity contribution in [3.63, 3.8) is 0 Å². The van der Waals surface area contributed by atoms with Crippen molar-refractivity contribution in [3.8, 4) is 0 Å². The largest absolute Gasteiger partial charge is 0.396 e. The molecule has 1 atom stereocenters. The highest BCUT2D eigenvalue weighted by Gasteiger charge is 2.01. The van der Waals surface area contributed by atoms with Gasteiger partial charge in [0.25, 0.3) is 0 Å². The minimum atomic E-state index is 0.237. The van der Waals surface area contributed by atoms with E-state index >= 15 is 0 Å². The van der Waals surface area contributed by atoms with E-state index in [1.807, 2.05) is 6.92 Å². The molecule has 14 heavy (non-hydrogen) atoms. The molecule has 0 amide bonds. The predicted molar refractivity (Wildman–Crippen MR) is 58.9 cm³/mol. The molecule has 0 saturated heterocycles. The molecular formula is C9H15N3OS. The molecule has 0 aliphatic carbocycles. The van der Waals surface area contributed by atoms with Crippen molar-refractivity contribution in [1.29, 1.82) is 0 Å². The smallest absolute Gasteiger partial charge is 0.141 e. The Morgan fingerprint density at radius 3 is 2.86 bits per heavy atom. The van der Waals surface area contributed by atoms with Crippen LogP contribution in [0.3, 0.4) is 0 Å². The van der Waals surface area contributed by atoms with Crippen molar-refractivity contribution in [2.75, 3.05) is 18.1 Å². The molecule has 1 unspecified atom stereocenters. The summed E-state index contributed by atoms with van der Waals surface area (Å²) < 4.78 is 0. The third-order valence-corrected chi connectivity index (χ3v) is 2.99. The van der Waals surface area contributed by atoms with Crippen LogP contribution in [0.1, 0.15) is 12.6 Å². The van der Waals surface area contributed by atoms with Crippen molar-refractivity contribution in [2.24, 2.45) is 5.92 Å². The Balaban J connectivity index is 2.28. The van der Waals surface area contributed by atoms with Gasteiger partial charge in [-0.1, -0.05) is 6.92 Å². The van der Waals surface area contributed by atoms with Gasteiger partial charge in [-0.2, -0.15) is 11.8 Å². The van der Waals surface area contributed by atoms with Gasteiger partial charge in [-0.3, -0.25) is 4.98 Å². The van der Waals surface area contributed by atoms with Crippen LogP contribution in [-0.2, 0) is 5.75 Å². The lowest BCUT2D eigenvalue weighted by Crippen LogP contribution is -2.04. The maximum Gasteiger partial charge on any atom is 0.141 e. The second-order valence-electron chi connectivity index (χ2n) is 3.24. The number of nitrogens with zero attached hydrogens (tertiary/aromatic N) is 2. The number of thioether (sulfide) groups is 1. The van der Waals surface area contributed by atoms with Gasteiger partial charge >= 0.3 is 0 Å². The van der Waals surface area contributed by atoms with Crippen LogP contribution >= 0.6 is 11.8 Å². The van der Waals surface area contributed by atoms with Crippen molar-refractivity contribution >= 4 is 17.6 Å². The molecular weight excluding hydrogens is 198 g/mol. The van der Waals surface area contributed by atoms with E-state index < -0.39 is 0 Å². The number of aliphatic hydroxyl groups is 1. The van der Waals surface area contributed by atoms with Crippen molar-refractivity contribution in [2.45, 2.75) is 12.7 Å². The van der Waals surface area contributed by atoms with Crippen molar-refractivity contribution in [1.82, 2.24) is 9.97 Å². The lowest BCUT2D eigenvalue weighted by molar-refractivity contribution is 0.250. The van der Waals surface area contributed by atoms with Crippen LogP contribution in [0.15, 0.2) is 12.4 Å². The van der Waals surface area contributed by atoms with E-state index in [0.717, 1.165) is 17.2 Å². The van der Waals surface area contributed by atoms with Gasteiger partial charge in [-0.15, -0.1) is 0 Å². The highest BCUT2D eigenvalue weighted by molar-refractivity contribution is 7.98. The molecule has 0 radical (unpaired) electrons. The highest BCUT2D eigenvalue weighted by atomic mass is 32.2. The fraction of sp³-hybridized carbons (Fsp3) is 0.556. The first-order chi connectivity index (χ1) is 6.72. The number of hydrogen-bond acceptors (Lipinski definition) is 5. The Hall–Kier alpha value is -0.810. The Bertz CT molecular complexity index is 265. The van der Waals surface area contributed by atoms with E-state index in [1.54, 1.807) is 24.2 Å². The molecule has 1 rings (SSSR count). The summed E-state index contributed by atoms with van der Waals surface area (Å²) in [6, 6.07) is 0. The Kier molecular flexibility index (Phi) is 4.69. The molecule has 1 heterocycles. The maximum absolute atomic E-state index is 8.81. The van der Waals surface area contributed by atoms with Crippen LogP contribution < -0.4 is 5.73 Å². The monoisotopic (exact) mass is 213 g/mol. The molecule has 4 nitrogen and oxygen atoms in total. The topological polar surface area (TPSA) is 72.0 Å². The number of aliphatic hydroxyl groups excluding tert-OH is 1. The zero-order valence-corrected chi connectivity index (χ0v) is 9.00. The fourth-order valence-electron chi connectivity index (χ4n) is 0.857. The summed E-state index contributed by atoms with van der Waals surface area (Å²) in [4.78, 5) is 8.08. The maximum atomic E-state index is 8.81. The standard InChI is InChI=1S/C9H15N3OS/c1-7(4-13)5-14-6-8-2-12-9(10)3-11-8/h2-3,7,13H,4-6H2,1H3,(H2,10,12). The molecule has 0 aromatic carbocycles. The number of nitrogens with two attached hydrogens (primary N) is 1. The van der Waals surface area contributed by atoms with Crippen LogP contribution in [0, 0.1) is 5.92 Å². The van der Waals surface area contributed by atoms with Gasteiger partial charge in [0.2, 0.25) is 0 Å². The molecule has 0 bridgehead atoms. The lowest BCUT2D eigenvalue weighted by Gasteiger charge is -2.06.